The maximum Gasteiger partial charge on any atom is 0.127 e. The molecule has 15 heavy (non-hydrogen) atoms. The van der Waals surface area contributed by atoms with Gasteiger partial charge in [-0.25, -0.2) is 4.39 Å². The summed E-state index contributed by atoms with van der Waals surface area (Å²) in [6, 6.07) is 7.02. The SMILES string of the molecule is CC(C)(C#N)SCc1cc(Br)ccc1F. The highest BCUT2D eigenvalue weighted by molar-refractivity contribution is 9.10. The fourth-order valence-corrected chi connectivity index (χ4v) is 2.15. The maximum absolute atomic E-state index is 13.3. The highest BCUT2D eigenvalue weighted by atomic mass is 79.9. The van der Waals surface area contributed by atoms with Crippen LogP contribution >= 0.6 is 27.7 Å². The molecule has 1 nitrogen and oxygen atoms in total. The summed E-state index contributed by atoms with van der Waals surface area (Å²) in [6.45, 7) is 3.65. The molecule has 1 rings (SSSR count). The molecule has 0 amide bonds. The van der Waals surface area contributed by atoms with E-state index in [1.165, 1.54) is 17.8 Å². The Morgan fingerprint density at radius 3 is 2.80 bits per heavy atom. The molecule has 1 aromatic rings. The van der Waals surface area contributed by atoms with Gasteiger partial charge in [-0.2, -0.15) is 5.26 Å². The molecular formula is C11H11BrFNS. The Morgan fingerprint density at radius 1 is 1.53 bits per heavy atom. The van der Waals surface area contributed by atoms with Gasteiger partial charge < -0.3 is 0 Å². The van der Waals surface area contributed by atoms with E-state index in [1.807, 2.05) is 13.8 Å². The molecule has 0 spiro atoms. The monoisotopic (exact) mass is 287 g/mol. The summed E-state index contributed by atoms with van der Waals surface area (Å²) in [7, 11) is 0. The highest BCUT2D eigenvalue weighted by Crippen LogP contribution is 2.29. The molecule has 0 saturated carbocycles. The Bertz CT molecular complexity index is 398. The van der Waals surface area contributed by atoms with E-state index < -0.39 is 4.75 Å². The van der Waals surface area contributed by atoms with Gasteiger partial charge in [-0.15, -0.1) is 11.8 Å². The van der Waals surface area contributed by atoms with Crippen LogP contribution in [0.15, 0.2) is 22.7 Å². The molecule has 1 aromatic carbocycles. The number of thioether (sulfide) groups is 1. The molecule has 80 valence electrons. The zero-order valence-corrected chi connectivity index (χ0v) is 11.0. The van der Waals surface area contributed by atoms with Crippen LogP contribution in [-0.2, 0) is 5.75 Å². The quantitative estimate of drug-likeness (QED) is 0.835. The molecule has 0 bridgehead atoms. The molecule has 0 fully saturated rings. The number of hydrogen-bond acceptors (Lipinski definition) is 2. The minimum atomic E-state index is -0.477. The van der Waals surface area contributed by atoms with Crippen molar-refractivity contribution >= 4 is 27.7 Å². The van der Waals surface area contributed by atoms with Gasteiger partial charge in [-0.05, 0) is 37.6 Å². The summed E-state index contributed by atoms with van der Waals surface area (Å²) in [4.78, 5) is 0. The summed E-state index contributed by atoms with van der Waals surface area (Å²) in [6.07, 6.45) is 0. The highest BCUT2D eigenvalue weighted by Gasteiger charge is 2.17. The Balaban J connectivity index is 2.74. The standard InChI is InChI=1S/C11H11BrFNS/c1-11(2,7-14)15-6-8-5-9(12)3-4-10(8)13/h3-5H,6H2,1-2H3. The number of nitrogens with zero attached hydrogens (tertiary/aromatic N) is 1. The molecule has 0 radical (unpaired) electrons. The Hall–Kier alpha value is -0.530. The third-order valence-electron chi connectivity index (χ3n) is 1.87. The first kappa shape index (κ1) is 12.5. The molecule has 0 aromatic heterocycles. The molecule has 0 atom stereocenters. The Morgan fingerprint density at radius 2 is 2.20 bits per heavy atom. The first-order valence-electron chi connectivity index (χ1n) is 4.44. The van der Waals surface area contributed by atoms with E-state index in [2.05, 4.69) is 22.0 Å². The van der Waals surface area contributed by atoms with Gasteiger partial charge in [0.25, 0.3) is 0 Å². The van der Waals surface area contributed by atoms with Gasteiger partial charge in [0, 0.05) is 10.2 Å². The average molecular weight is 288 g/mol. The largest absolute Gasteiger partial charge is 0.207 e. The van der Waals surface area contributed by atoms with Gasteiger partial charge in [-0.3, -0.25) is 0 Å². The van der Waals surface area contributed by atoms with Gasteiger partial charge in [-0.1, -0.05) is 15.9 Å². The fraction of sp³-hybridized carbons (Fsp3) is 0.364. The normalized spacial score (nSPS) is 11.1. The first-order chi connectivity index (χ1) is 6.94. The van der Waals surface area contributed by atoms with Crippen molar-refractivity contribution in [3.05, 3.63) is 34.1 Å². The van der Waals surface area contributed by atoms with Crippen molar-refractivity contribution in [2.24, 2.45) is 0 Å². The number of benzene rings is 1. The number of rotatable bonds is 3. The van der Waals surface area contributed by atoms with Crippen molar-refractivity contribution in [2.75, 3.05) is 0 Å². The van der Waals surface area contributed by atoms with Crippen LogP contribution < -0.4 is 0 Å². The third kappa shape index (κ3) is 3.84. The molecule has 0 saturated heterocycles. The molecule has 0 aliphatic carbocycles. The number of hydrogen-bond donors (Lipinski definition) is 0. The summed E-state index contributed by atoms with van der Waals surface area (Å²) in [5, 5.41) is 8.82. The Kier molecular flexibility index (Phi) is 4.18. The summed E-state index contributed by atoms with van der Waals surface area (Å²) < 4.78 is 13.7. The van der Waals surface area contributed by atoms with Gasteiger partial charge in [0.15, 0.2) is 0 Å². The lowest BCUT2D eigenvalue weighted by Gasteiger charge is -2.14. The maximum atomic E-state index is 13.3. The second kappa shape index (κ2) is 5.00. The van der Waals surface area contributed by atoms with E-state index >= 15 is 0 Å². The van der Waals surface area contributed by atoms with Crippen LogP contribution in [0.4, 0.5) is 4.39 Å². The van der Waals surface area contributed by atoms with Crippen LogP contribution in [0, 0.1) is 17.1 Å². The predicted octanol–water partition coefficient (Wildman–Crippen LogP) is 4.12. The van der Waals surface area contributed by atoms with Crippen LogP contribution in [0.3, 0.4) is 0 Å². The topological polar surface area (TPSA) is 23.8 Å². The van der Waals surface area contributed by atoms with Crippen molar-refractivity contribution in [3.63, 3.8) is 0 Å². The van der Waals surface area contributed by atoms with Crippen molar-refractivity contribution in [1.29, 1.82) is 5.26 Å². The van der Waals surface area contributed by atoms with E-state index in [1.54, 1.807) is 12.1 Å². The predicted molar refractivity (Wildman–Crippen MR) is 65.1 cm³/mol. The van der Waals surface area contributed by atoms with Crippen LogP contribution in [0.1, 0.15) is 19.4 Å². The summed E-state index contributed by atoms with van der Waals surface area (Å²) in [5.74, 6) is 0.283. The van der Waals surface area contributed by atoms with Gasteiger partial charge >= 0.3 is 0 Å². The van der Waals surface area contributed by atoms with Crippen LogP contribution in [0.5, 0.6) is 0 Å². The lowest BCUT2D eigenvalue weighted by molar-refractivity contribution is 0.617. The molecule has 0 aliphatic heterocycles. The van der Waals surface area contributed by atoms with Gasteiger partial charge in [0.1, 0.15) is 5.82 Å². The van der Waals surface area contributed by atoms with E-state index in [9.17, 15) is 4.39 Å². The van der Waals surface area contributed by atoms with Crippen LogP contribution in [-0.4, -0.2) is 4.75 Å². The first-order valence-corrected chi connectivity index (χ1v) is 6.21. The summed E-state index contributed by atoms with van der Waals surface area (Å²) in [5.41, 5.74) is 0.623. The van der Waals surface area contributed by atoms with Crippen molar-refractivity contribution in [1.82, 2.24) is 0 Å². The summed E-state index contributed by atoms with van der Waals surface area (Å²) >= 11 is 4.73. The zero-order chi connectivity index (χ0) is 11.5. The minimum Gasteiger partial charge on any atom is -0.207 e. The molecule has 0 unspecified atom stereocenters. The third-order valence-corrected chi connectivity index (χ3v) is 3.63. The number of halogens is 2. The lowest BCUT2D eigenvalue weighted by atomic mass is 10.2. The van der Waals surface area contributed by atoms with Crippen molar-refractivity contribution in [3.8, 4) is 6.07 Å². The molecule has 4 heteroatoms. The van der Waals surface area contributed by atoms with E-state index in [0.29, 0.717) is 11.3 Å². The van der Waals surface area contributed by atoms with Gasteiger partial charge in [0.05, 0.1) is 10.8 Å². The smallest absolute Gasteiger partial charge is 0.127 e. The van der Waals surface area contributed by atoms with Gasteiger partial charge in [0.2, 0.25) is 0 Å². The molecule has 0 heterocycles. The molecule has 0 N–H and O–H groups in total. The van der Waals surface area contributed by atoms with E-state index in [-0.39, 0.29) is 5.82 Å². The lowest BCUT2D eigenvalue weighted by Crippen LogP contribution is -2.11. The second-order valence-electron chi connectivity index (χ2n) is 3.65. The molecule has 0 aliphatic rings. The zero-order valence-electron chi connectivity index (χ0n) is 8.55. The van der Waals surface area contributed by atoms with Crippen molar-refractivity contribution in [2.45, 2.75) is 24.3 Å². The van der Waals surface area contributed by atoms with Crippen LogP contribution in [0.25, 0.3) is 0 Å². The Labute approximate surface area is 102 Å². The molecular weight excluding hydrogens is 277 g/mol. The second-order valence-corrected chi connectivity index (χ2v) is 6.16. The van der Waals surface area contributed by atoms with E-state index in [4.69, 9.17) is 5.26 Å². The van der Waals surface area contributed by atoms with Crippen LogP contribution in [0.2, 0.25) is 0 Å². The van der Waals surface area contributed by atoms with Crippen molar-refractivity contribution < 1.29 is 4.39 Å². The average Bonchev–Trinajstić information content (AvgIpc) is 2.20. The minimum absolute atomic E-state index is 0.223. The fourth-order valence-electron chi connectivity index (χ4n) is 0.944. The number of nitriles is 1. The van der Waals surface area contributed by atoms with E-state index in [0.717, 1.165) is 4.47 Å².